The van der Waals surface area contributed by atoms with Crippen molar-refractivity contribution in [3.8, 4) is 5.75 Å². The summed E-state index contributed by atoms with van der Waals surface area (Å²) < 4.78 is 9.97. The molecular weight excluding hydrogens is 316 g/mol. The van der Waals surface area contributed by atoms with Crippen LogP contribution in [-0.4, -0.2) is 25.5 Å². The van der Waals surface area contributed by atoms with E-state index in [0.717, 1.165) is 11.3 Å². The second kappa shape index (κ2) is 8.15. The first-order valence-corrected chi connectivity index (χ1v) is 7.24. The first-order chi connectivity index (χ1) is 11.1. The standard InChI is InChI=1S/C18H15ClO4/c1-22-16-9-2-13(3-10-16)4-11-18(21)23-12-17(20)14-5-7-15(19)8-6-14/h2-11H,12H2,1H3/b11-4+. The number of ketones is 1. The lowest BCUT2D eigenvalue weighted by atomic mass is 10.1. The normalized spacial score (nSPS) is 10.5. The predicted molar refractivity (Wildman–Crippen MR) is 88.8 cm³/mol. The van der Waals surface area contributed by atoms with Gasteiger partial charge in [-0.2, -0.15) is 0 Å². The number of hydrogen-bond donors (Lipinski definition) is 0. The molecule has 0 unspecified atom stereocenters. The van der Waals surface area contributed by atoms with Crippen LogP contribution < -0.4 is 4.74 Å². The molecule has 0 heterocycles. The van der Waals surface area contributed by atoms with Gasteiger partial charge in [0.2, 0.25) is 0 Å². The molecule has 118 valence electrons. The molecule has 2 aromatic carbocycles. The average molecular weight is 331 g/mol. The second-order valence-electron chi connectivity index (χ2n) is 4.64. The number of esters is 1. The lowest BCUT2D eigenvalue weighted by Crippen LogP contribution is -2.12. The Morgan fingerprint density at radius 2 is 1.70 bits per heavy atom. The summed E-state index contributed by atoms with van der Waals surface area (Å²) in [6.45, 7) is -0.312. The van der Waals surface area contributed by atoms with Gasteiger partial charge >= 0.3 is 5.97 Å². The molecule has 2 aromatic rings. The smallest absolute Gasteiger partial charge is 0.331 e. The Hall–Kier alpha value is -2.59. The molecule has 0 amide bonds. The van der Waals surface area contributed by atoms with Crippen molar-refractivity contribution >= 4 is 29.4 Å². The molecule has 4 nitrogen and oxygen atoms in total. The van der Waals surface area contributed by atoms with E-state index in [1.165, 1.54) is 6.08 Å². The second-order valence-corrected chi connectivity index (χ2v) is 5.08. The summed E-state index contributed by atoms with van der Waals surface area (Å²) in [5.74, 6) is -0.130. The molecule has 0 aliphatic rings. The van der Waals surface area contributed by atoms with Gasteiger partial charge in [0, 0.05) is 16.7 Å². The Labute approximate surface area is 139 Å². The Balaban J connectivity index is 1.85. The average Bonchev–Trinajstić information content (AvgIpc) is 2.59. The number of hydrogen-bond acceptors (Lipinski definition) is 4. The highest BCUT2D eigenvalue weighted by Gasteiger charge is 2.08. The van der Waals surface area contributed by atoms with Gasteiger partial charge in [-0.05, 0) is 48.0 Å². The van der Waals surface area contributed by atoms with Gasteiger partial charge in [-0.1, -0.05) is 23.7 Å². The Kier molecular flexibility index (Phi) is 5.94. The molecule has 0 N–H and O–H groups in total. The maximum Gasteiger partial charge on any atom is 0.331 e. The quantitative estimate of drug-likeness (QED) is 0.459. The molecule has 0 aliphatic heterocycles. The zero-order chi connectivity index (χ0) is 16.7. The van der Waals surface area contributed by atoms with Gasteiger partial charge in [0.15, 0.2) is 12.4 Å². The van der Waals surface area contributed by atoms with Gasteiger partial charge in [0.1, 0.15) is 5.75 Å². The molecule has 0 radical (unpaired) electrons. The molecule has 5 heteroatoms. The molecule has 23 heavy (non-hydrogen) atoms. The van der Waals surface area contributed by atoms with Crippen molar-refractivity contribution < 1.29 is 19.1 Å². The minimum Gasteiger partial charge on any atom is -0.497 e. The predicted octanol–water partition coefficient (Wildman–Crippen LogP) is 3.79. The molecule has 0 bridgehead atoms. The van der Waals surface area contributed by atoms with E-state index in [1.807, 2.05) is 12.1 Å². The molecule has 2 rings (SSSR count). The van der Waals surface area contributed by atoms with E-state index >= 15 is 0 Å². The molecule has 0 aliphatic carbocycles. The minimum atomic E-state index is -0.580. The van der Waals surface area contributed by atoms with Gasteiger partial charge in [-0.25, -0.2) is 4.79 Å². The summed E-state index contributed by atoms with van der Waals surface area (Å²) in [6, 6.07) is 13.6. The number of methoxy groups -OCH3 is 1. The van der Waals surface area contributed by atoms with Crippen LogP contribution in [0.1, 0.15) is 15.9 Å². The topological polar surface area (TPSA) is 52.6 Å². The van der Waals surface area contributed by atoms with Crippen molar-refractivity contribution in [3.05, 3.63) is 70.8 Å². The maximum absolute atomic E-state index is 11.8. The third kappa shape index (κ3) is 5.27. The van der Waals surface area contributed by atoms with Crippen LogP contribution in [0.15, 0.2) is 54.6 Å². The largest absolute Gasteiger partial charge is 0.497 e. The molecule has 0 spiro atoms. The molecule has 0 aromatic heterocycles. The van der Waals surface area contributed by atoms with E-state index in [-0.39, 0.29) is 12.4 Å². The summed E-state index contributed by atoms with van der Waals surface area (Å²) in [5.41, 5.74) is 1.27. The molecule has 0 saturated carbocycles. The van der Waals surface area contributed by atoms with Crippen molar-refractivity contribution in [1.82, 2.24) is 0 Å². The van der Waals surface area contributed by atoms with Crippen LogP contribution in [0.5, 0.6) is 5.75 Å². The Bertz CT molecular complexity index is 703. The van der Waals surface area contributed by atoms with Crippen molar-refractivity contribution in [2.24, 2.45) is 0 Å². The molecular formula is C18H15ClO4. The van der Waals surface area contributed by atoms with Gasteiger partial charge in [0.05, 0.1) is 7.11 Å². The van der Waals surface area contributed by atoms with E-state index in [2.05, 4.69) is 0 Å². The lowest BCUT2D eigenvalue weighted by molar-refractivity contribution is -0.136. The summed E-state index contributed by atoms with van der Waals surface area (Å²) in [5, 5.41) is 0.543. The van der Waals surface area contributed by atoms with Crippen LogP contribution in [0.3, 0.4) is 0 Å². The number of rotatable bonds is 6. The zero-order valence-corrected chi connectivity index (χ0v) is 13.2. The molecule has 0 atom stereocenters. The van der Waals surface area contributed by atoms with Crippen molar-refractivity contribution in [2.75, 3.05) is 13.7 Å². The van der Waals surface area contributed by atoms with Crippen molar-refractivity contribution in [2.45, 2.75) is 0 Å². The summed E-state index contributed by atoms with van der Waals surface area (Å²) in [4.78, 5) is 23.5. The van der Waals surface area contributed by atoms with Gasteiger partial charge in [-0.3, -0.25) is 4.79 Å². The zero-order valence-electron chi connectivity index (χ0n) is 12.5. The number of benzene rings is 2. The first-order valence-electron chi connectivity index (χ1n) is 6.86. The van der Waals surface area contributed by atoms with Gasteiger partial charge in [0.25, 0.3) is 0 Å². The highest BCUT2D eigenvalue weighted by atomic mass is 35.5. The summed E-state index contributed by atoms with van der Waals surface area (Å²) in [7, 11) is 1.58. The van der Waals surface area contributed by atoms with Crippen LogP contribution in [0.4, 0.5) is 0 Å². The summed E-state index contributed by atoms with van der Waals surface area (Å²) >= 11 is 5.75. The third-order valence-corrected chi connectivity index (χ3v) is 3.29. The maximum atomic E-state index is 11.8. The molecule has 0 fully saturated rings. The number of halogens is 1. The minimum absolute atomic E-state index is 0.284. The van der Waals surface area contributed by atoms with Crippen LogP contribution in [-0.2, 0) is 9.53 Å². The van der Waals surface area contributed by atoms with Crippen LogP contribution >= 0.6 is 11.6 Å². The summed E-state index contributed by atoms with van der Waals surface area (Å²) in [6.07, 6.45) is 2.88. The van der Waals surface area contributed by atoms with E-state index in [1.54, 1.807) is 49.6 Å². The highest BCUT2D eigenvalue weighted by molar-refractivity contribution is 6.30. The fourth-order valence-electron chi connectivity index (χ4n) is 1.78. The van der Waals surface area contributed by atoms with Gasteiger partial charge < -0.3 is 9.47 Å². The number of carbonyl (C=O) groups is 2. The van der Waals surface area contributed by atoms with Crippen LogP contribution in [0, 0.1) is 0 Å². The van der Waals surface area contributed by atoms with E-state index in [0.29, 0.717) is 10.6 Å². The Morgan fingerprint density at radius 3 is 2.30 bits per heavy atom. The fourth-order valence-corrected chi connectivity index (χ4v) is 1.91. The number of carbonyl (C=O) groups excluding carboxylic acids is 2. The molecule has 0 saturated heterocycles. The monoisotopic (exact) mass is 330 g/mol. The Morgan fingerprint density at radius 1 is 1.04 bits per heavy atom. The third-order valence-electron chi connectivity index (χ3n) is 3.04. The van der Waals surface area contributed by atoms with Crippen molar-refractivity contribution in [3.63, 3.8) is 0 Å². The van der Waals surface area contributed by atoms with Crippen molar-refractivity contribution in [1.29, 1.82) is 0 Å². The lowest BCUT2D eigenvalue weighted by Gasteiger charge is -2.02. The van der Waals surface area contributed by atoms with E-state index in [4.69, 9.17) is 21.1 Å². The van der Waals surface area contributed by atoms with E-state index in [9.17, 15) is 9.59 Å². The van der Waals surface area contributed by atoms with E-state index < -0.39 is 5.97 Å². The SMILES string of the molecule is COc1ccc(/C=C/C(=O)OCC(=O)c2ccc(Cl)cc2)cc1. The highest BCUT2D eigenvalue weighted by Crippen LogP contribution is 2.12. The van der Waals surface area contributed by atoms with Crippen LogP contribution in [0.2, 0.25) is 5.02 Å². The van der Waals surface area contributed by atoms with Crippen LogP contribution in [0.25, 0.3) is 6.08 Å². The number of Topliss-reactive ketones (excluding diaryl/α,β-unsaturated/α-hetero) is 1. The van der Waals surface area contributed by atoms with Gasteiger partial charge in [-0.15, -0.1) is 0 Å². The fraction of sp³-hybridized carbons (Fsp3) is 0.111. The first kappa shape index (κ1) is 16.8. The number of ether oxygens (including phenoxy) is 2.